The first kappa shape index (κ1) is 16.5. The number of aromatic nitrogens is 2. The number of esters is 1. The monoisotopic (exact) mass is 337 g/mol. The Morgan fingerprint density at radius 1 is 1.29 bits per heavy atom. The number of carbonyl (C=O) groups excluding carboxylic acids is 1. The molecule has 1 aromatic heterocycles. The van der Waals surface area contributed by atoms with Crippen LogP contribution in [0, 0.1) is 0 Å². The smallest absolute Gasteiger partial charge is 0.323 e. The number of hydrogen-bond donors (Lipinski definition) is 1. The van der Waals surface area contributed by atoms with Gasteiger partial charge in [-0.2, -0.15) is 8.78 Å². The molecule has 1 aliphatic rings. The van der Waals surface area contributed by atoms with Crippen LogP contribution >= 0.6 is 0 Å². The van der Waals surface area contributed by atoms with Gasteiger partial charge in [0.15, 0.2) is 5.69 Å². The van der Waals surface area contributed by atoms with Gasteiger partial charge in [-0.15, -0.1) is 0 Å². The molecule has 0 spiro atoms. The molecule has 2 aromatic rings. The molecule has 0 aliphatic carbocycles. The molecule has 2 atom stereocenters. The number of alkyl halides is 2. The average Bonchev–Trinajstić information content (AvgIpc) is 3.01. The third-order valence-corrected chi connectivity index (χ3v) is 3.81. The van der Waals surface area contributed by atoms with E-state index < -0.39 is 29.7 Å². The molecule has 1 aliphatic heterocycles. The molecule has 3 rings (SSSR count). The van der Waals surface area contributed by atoms with Crippen LogP contribution in [0.15, 0.2) is 24.3 Å². The van der Waals surface area contributed by atoms with Crippen LogP contribution in [0.5, 0.6) is 5.88 Å². The fraction of sp³-hybridized carbons (Fsp3) is 0.438. The Morgan fingerprint density at radius 3 is 2.58 bits per heavy atom. The lowest BCUT2D eigenvalue weighted by molar-refractivity contribution is -0.142. The third-order valence-electron chi connectivity index (χ3n) is 3.81. The second-order valence-corrected chi connectivity index (χ2v) is 5.71. The summed E-state index contributed by atoms with van der Waals surface area (Å²) in [6.45, 7) is 1.09. The zero-order valence-electron chi connectivity index (χ0n) is 13.3. The molecule has 1 fully saturated rings. The van der Waals surface area contributed by atoms with E-state index in [0.29, 0.717) is 24.0 Å². The summed E-state index contributed by atoms with van der Waals surface area (Å²) < 4.78 is 38.1. The van der Waals surface area contributed by atoms with Crippen molar-refractivity contribution in [2.45, 2.75) is 31.4 Å². The van der Waals surface area contributed by atoms with Crippen molar-refractivity contribution in [1.82, 2.24) is 15.3 Å². The summed E-state index contributed by atoms with van der Waals surface area (Å²) >= 11 is 0. The fourth-order valence-corrected chi connectivity index (χ4v) is 2.62. The van der Waals surface area contributed by atoms with Gasteiger partial charge in [-0.05, 0) is 12.1 Å². The van der Waals surface area contributed by atoms with Gasteiger partial charge in [-0.25, -0.2) is 9.97 Å². The van der Waals surface area contributed by atoms with Crippen LogP contribution in [0.4, 0.5) is 8.78 Å². The van der Waals surface area contributed by atoms with Crippen LogP contribution in [0.2, 0.25) is 0 Å². The van der Waals surface area contributed by atoms with E-state index in [0.717, 1.165) is 6.92 Å². The van der Waals surface area contributed by atoms with E-state index in [4.69, 9.17) is 4.74 Å². The van der Waals surface area contributed by atoms with E-state index in [-0.39, 0.29) is 5.88 Å². The second-order valence-electron chi connectivity index (χ2n) is 5.71. The van der Waals surface area contributed by atoms with E-state index in [1.54, 1.807) is 24.3 Å². The van der Waals surface area contributed by atoms with Crippen LogP contribution < -0.4 is 10.1 Å². The highest BCUT2D eigenvalue weighted by molar-refractivity contribution is 5.76. The number of nitrogens with one attached hydrogen (secondary N) is 1. The molecular formula is C16H17F2N3O3. The fourth-order valence-electron chi connectivity index (χ4n) is 2.62. The predicted molar refractivity (Wildman–Crippen MR) is 81.9 cm³/mol. The van der Waals surface area contributed by atoms with Crippen molar-refractivity contribution < 1.29 is 23.0 Å². The van der Waals surface area contributed by atoms with Crippen LogP contribution in [0.3, 0.4) is 0 Å². The number of hydrogen-bond acceptors (Lipinski definition) is 6. The molecule has 24 heavy (non-hydrogen) atoms. The van der Waals surface area contributed by atoms with Gasteiger partial charge in [-0.3, -0.25) is 4.79 Å². The molecule has 1 N–H and O–H groups in total. The third kappa shape index (κ3) is 3.28. The Balaban J connectivity index is 1.89. The van der Waals surface area contributed by atoms with Crippen molar-refractivity contribution in [3.63, 3.8) is 0 Å². The maximum absolute atomic E-state index is 13.9. The lowest BCUT2D eigenvalue weighted by Crippen LogP contribution is -2.31. The number of rotatable bonds is 4. The van der Waals surface area contributed by atoms with Gasteiger partial charge in [0, 0.05) is 19.9 Å². The van der Waals surface area contributed by atoms with Crippen LogP contribution in [-0.4, -0.2) is 41.7 Å². The Kier molecular flexibility index (Phi) is 4.31. The summed E-state index contributed by atoms with van der Waals surface area (Å²) in [6, 6.07) is 6.23. The Bertz CT molecular complexity index is 764. The Morgan fingerprint density at radius 2 is 1.96 bits per heavy atom. The van der Waals surface area contributed by atoms with Gasteiger partial charge >= 0.3 is 5.97 Å². The molecular weight excluding hydrogens is 320 g/mol. The quantitative estimate of drug-likeness (QED) is 0.861. The van der Waals surface area contributed by atoms with Gasteiger partial charge in [0.1, 0.15) is 12.1 Å². The standard InChI is InChI=1S/C16H17F2N3O3/c1-16(17,18)13-14(21-11-6-4-3-5-10(11)20-13)24-9-7-12(19-8-9)15(22)23-2/h3-6,9,12,19H,7-8H2,1-2H3/t9-,12+/m1/s1. The number of nitrogens with zero attached hydrogens (tertiary/aromatic N) is 2. The molecule has 1 aromatic carbocycles. The van der Waals surface area contributed by atoms with Crippen molar-refractivity contribution in [2.24, 2.45) is 0 Å². The van der Waals surface area contributed by atoms with Gasteiger partial charge < -0.3 is 14.8 Å². The molecule has 0 bridgehead atoms. The number of halogens is 2. The van der Waals surface area contributed by atoms with Crippen LogP contribution in [-0.2, 0) is 15.5 Å². The summed E-state index contributed by atoms with van der Waals surface area (Å²) in [5.74, 6) is -3.81. The second kappa shape index (κ2) is 6.27. The van der Waals surface area contributed by atoms with Crippen molar-refractivity contribution in [1.29, 1.82) is 0 Å². The summed E-state index contributed by atoms with van der Waals surface area (Å²) in [4.78, 5) is 19.7. The molecule has 0 unspecified atom stereocenters. The number of benzene rings is 1. The molecule has 6 nitrogen and oxygen atoms in total. The zero-order chi connectivity index (χ0) is 17.3. The molecule has 0 radical (unpaired) electrons. The summed E-state index contributed by atoms with van der Waals surface area (Å²) in [5, 5.41) is 2.94. The molecule has 1 saturated heterocycles. The lowest BCUT2D eigenvalue weighted by Gasteiger charge is -2.18. The maximum Gasteiger partial charge on any atom is 0.323 e. The normalized spacial score (nSPS) is 21.0. The van der Waals surface area contributed by atoms with E-state index >= 15 is 0 Å². The molecule has 2 heterocycles. The van der Waals surface area contributed by atoms with Crippen LogP contribution in [0.25, 0.3) is 11.0 Å². The van der Waals surface area contributed by atoms with E-state index in [1.807, 2.05) is 0 Å². The molecule has 0 saturated carbocycles. The molecule has 0 amide bonds. The zero-order valence-corrected chi connectivity index (χ0v) is 13.3. The molecule has 8 heteroatoms. The minimum atomic E-state index is -3.19. The Labute approximate surface area is 137 Å². The van der Waals surface area contributed by atoms with Crippen molar-refractivity contribution in [3.8, 4) is 5.88 Å². The molecule has 128 valence electrons. The van der Waals surface area contributed by atoms with Gasteiger partial charge in [0.05, 0.1) is 18.1 Å². The van der Waals surface area contributed by atoms with Crippen LogP contribution in [0.1, 0.15) is 19.0 Å². The topological polar surface area (TPSA) is 73.3 Å². The van der Waals surface area contributed by atoms with E-state index in [2.05, 4.69) is 20.0 Å². The van der Waals surface area contributed by atoms with Crippen molar-refractivity contribution >= 4 is 17.0 Å². The first-order valence-corrected chi connectivity index (χ1v) is 7.51. The number of ether oxygens (including phenoxy) is 2. The first-order valence-electron chi connectivity index (χ1n) is 7.51. The highest BCUT2D eigenvalue weighted by Gasteiger charge is 2.36. The summed E-state index contributed by atoms with van der Waals surface area (Å²) in [7, 11) is 1.29. The predicted octanol–water partition coefficient (Wildman–Crippen LogP) is 2.02. The first-order chi connectivity index (χ1) is 11.4. The number of fused-ring (bicyclic) bond motifs is 1. The number of methoxy groups -OCH3 is 1. The maximum atomic E-state index is 13.9. The van der Waals surface area contributed by atoms with Crippen molar-refractivity contribution in [2.75, 3.05) is 13.7 Å². The summed E-state index contributed by atoms with van der Waals surface area (Å²) in [6.07, 6.45) is -0.152. The van der Waals surface area contributed by atoms with Gasteiger partial charge in [0.25, 0.3) is 5.92 Å². The van der Waals surface area contributed by atoms with E-state index in [1.165, 1.54) is 7.11 Å². The minimum Gasteiger partial charge on any atom is -0.471 e. The number of para-hydroxylation sites is 2. The van der Waals surface area contributed by atoms with Gasteiger partial charge in [0.2, 0.25) is 5.88 Å². The Hall–Kier alpha value is -2.35. The highest BCUT2D eigenvalue weighted by atomic mass is 19.3. The minimum absolute atomic E-state index is 0.210. The number of carbonyl (C=O) groups is 1. The van der Waals surface area contributed by atoms with Gasteiger partial charge in [-0.1, -0.05) is 12.1 Å². The average molecular weight is 337 g/mol. The summed E-state index contributed by atoms with van der Waals surface area (Å²) in [5.41, 5.74) is 0.331. The lowest BCUT2D eigenvalue weighted by atomic mass is 10.2. The SMILES string of the molecule is COC(=O)[C@@H]1C[C@@H](Oc2nc3ccccc3nc2C(C)(F)F)CN1. The highest BCUT2D eigenvalue weighted by Crippen LogP contribution is 2.34. The van der Waals surface area contributed by atoms with Crippen molar-refractivity contribution in [3.05, 3.63) is 30.0 Å². The van der Waals surface area contributed by atoms with E-state index in [9.17, 15) is 13.6 Å². The largest absolute Gasteiger partial charge is 0.471 e.